The third kappa shape index (κ3) is 10.9. The van der Waals surface area contributed by atoms with E-state index in [0.29, 0.717) is 45.1 Å². The van der Waals surface area contributed by atoms with Crippen molar-refractivity contribution < 1.29 is 18.8 Å². The molecule has 0 aliphatic carbocycles. The van der Waals surface area contributed by atoms with Crippen LogP contribution in [0.4, 0.5) is 0 Å². The van der Waals surface area contributed by atoms with E-state index in [4.69, 9.17) is 4.43 Å². The first-order valence-electron chi connectivity index (χ1n) is 19.7. The van der Waals surface area contributed by atoms with Gasteiger partial charge in [0.1, 0.15) is 6.04 Å². The number of unbranched alkanes of at least 4 members (excludes halogenated alkanes) is 1. The van der Waals surface area contributed by atoms with Crippen LogP contribution >= 0.6 is 0 Å². The van der Waals surface area contributed by atoms with E-state index < -0.39 is 25.8 Å². The second-order valence-corrected chi connectivity index (χ2v) is 20.8. The van der Waals surface area contributed by atoms with Crippen molar-refractivity contribution in [2.45, 2.75) is 103 Å². The summed E-state index contributed by atoms with van der Waals surface area (Å²) in [6.45, 7) is 19.4. The lowest BCUT2D eigenvalue weighted by atomic mass is 9.77. The van der Waals surface area contributed by atoms with E-state index in [9.17, 15) is 14.4 Å². The number of amides is 3. The highest BCUT2D eigenvalue weighted by atomic mass is 28.4. The molecule has 1 fully saturated rings. The van der Waals surface area contributed by atoms with E-state index in [-0.39, 0.29) is 41.2 Å². The average molecular weight is 750 g/mol. The van der Waals surface area contributed by atoms with Crippen molar-refractivity contribution in [2.24, 2.45) is 17.3 Å². The van der Waals surface area contributed by atoms with Crippen molar-refractivity contribution in [2.75, 3.05) is 13.2 Å². The quantitative estimate of drug-likeness (QED) is 0.0607. The van der Waals surface area contributed by atoms with Crippen molar-refractivity contribution in [3.05, 3.63) is 122 Å². The van der Waals surface area contributed by atoms with Gasteiger partial charge in [0.15, 0.2) is 0 Å². The molecule has 0 spiro atoms. The van der Waals surface area contributed by atoms with Crippen LogP contribution in [-0.2, 0) is 25.2 Å². The van der Waals surface area contributed by atoms with Gasteiger partial charge in [0, 0.05) is 12.5 Å². The van der Waals surface area contributed by atoms with Gasteiger partial charge < -0.3 is 20.4 Å². The number of benzene rings is 3. The Hall–Kier alpha value is -4.27. The summed E-state index contributed by atoms with van der Waals surface area (Å²) in [5.74, 6) is -0.551. The maximum Gasteiger partial charge on any atom is 0.261 e. The van der Waals surface area contributed by atoms with E-state index in [1.165, 1.54) is 0 Å². The lowest BCUT2D eigenvalue weighted by Crippen LogP contribution is -2.67. The average Bonchev–Trinajstić information content (AvgIpc) is 3.50. The molecule has 4 unspecified atom stereocenters. The van der Waals surface area contributed by atoms with Gasteiger partial charge in [-0.15, -0.1) is 13.2 Å². The van der Waals surface area contributed by atoms with Crippen LogP contribution in [0.5, 0.6) is 0 Å². The van der Waals surface area contributed by atoms with Crippen LogP contribution in [-0.4, -0.2) is 51.3 Å². The summed E-state index contributed by atoms with van der Waals surface area (Å²) in [5, 5.41) is 11.6. The molecule has 8 heteroatoms. The molecule has 0 radical (unpaired) electrons. The number of allylic oxidation sites excluding steroid dienone is 2. The van der Waals surface area contributed by atoms with Gasteiger partial charge in [0.05, 0.1) is 18.1 Å². The molecule has 54 heavy (non-hydrogen) atoms. The summed E-state index contributed by atoms with van der Waals surface area (Å²) < 4.78 is 7.37. The van der Waals surface area contributed by atoms with E-state index in [0.717, 1.165) is 28.8 Å². The molecular weight excluding hydrogens is 687 g/mol. The molecule has 0 bridgehead atoms. The molecule has 1 aliphatic heterocycles. The molecule has 3 aromatic carbocycles. The number of carbonyl (C=O) groups is 3. The summed E-state index contributed by atoms with van der Waals surface area (Å²) in [7, 11) is -2.98. The Kier molecular flexibility index (Phi) is 15.6. The summed E-state index contributed by atoms with van der Waals surface area (Å²) >= 11 is 0. The second kappa shape index (κ2) is 19.9. The van der Waals surface area contributed by atoms with Gasteiger partial charge in [-0.05, 0) is 78.3 Å². The van der Waals surface area contributed by atoms with Gasteiger partial charge in [0.25, 0.3) is 8.32 Å². The van der Waals surface area contributed by atoms with Crippen molar-refractivity contribution in [1.82, 2.24) is 16.0 Å². The minimum absolute atomic E-state index is 0.0255. The molecule has 4 rings (SSSR count). The van der Waals surface area contributed by atoms with Crippen LogP contribution in [0.3, 0.4) is 0 Å². The monoisotopic (exact) mass is 749 g/mol. The minimum Gasteiger partial charge on any atom is -0.405 e. The Morgan fingerprint density at radius 2 is 1.48 bits per heavy atom. The molecule has 3 amide bonds. The van der Waals surface area contributed by atoms with E-state index in [2.05, 4.69) is 112 Å². The number of rotatable bonds is 21. The molecule has 3 aromatic rings. The molecule has 3 N–H and O–H groups in total. The van der Waals surface area contributed by atoms with Crippen LogP contribution in [0.15, 0.2) is 116 Å². The highest BCUT2D eigenvalue weighted by Crippen LogP contribution is 2.39. The SMILES string of the molecule is C=CCCCC(Cc1ccccc1)C(=O)NC(CC(C)C)C(=O)NC(CO[Si](c1ccccc1)(c1ccccc1)C(C)(C)C)CC1(CC=C)CCNC1=O. The Bertz CT molecular complexity index is 1620. The third-order valence-corrected chi connectivity index (χ3v) is 15.8. The zero-order valence-corrected chi connectivity index (χ0v) is 34.2. The van der Waals surface area contributed by atoms with Gasteiger partial charge in [0.2, 0.25) is 17.7 Å². The van der Waals surface area contributed by atoms with Crippen molar-refractivity contribution in [3.8, 4) is 0 Å². The number of hydrogen-bond acceptors (Lipinski definition) is 4. The fraction of sp³-hybridized carbons (Fsp3) is 0.457. The summed E-state index contributed by atoms with van der Waals surface area (Å²) in [5.41, 5.74) is 0.362. The minimum atomic E-state index is -2.98. The first-order valence-corrected chi connectivity index (χ1v) is 21.7. The molecule has 0 saturated carbocycles. The highest BCUT2D eigenvalue weighted by molar-refractivity contribution is 6.99. The smallest absolute Gasteiger partial charge is 0.261 e. The zero-order chi connectivity index (χ0) is 39.2. The van der Waals surface area contributed by atoms with Crippen LogP contribution in [0, 0.1) is 17.3 Å². The third-order valence-electron chi connectivity index (χ3n) is 10.8. The van der Waals surface area contributed by atoms with Crippen molar-refractivity contribution in [1.29, 1.82) is 0 Å². The van der Waals surface area contributed by atoms with E-state index in [1.54, 1.807) is 6.08 Å². The molecule has 4 atom stereocenters. The fourth-order valence-electron chi connectivity index (χ4n) is 8.10. The lowest BCUT2D eigenvalue weighted by Gasteiger charge is -2.44. The van der Waals surface area contributed by atoms with E-state index in [1.807, 2.05) is 48.5 Å². The Labute approximate surface area is 325 Å². The van der Waals surface area contributed by atoms with E-state index >= 15 is 0 Å². The maximum absolute atomic E-state index is 14.5. The first-order chi connectivity index (χ1) is 25.8. The van der Waals surface area contributed by atoms with Crippen LogP contribution in [0.2, 0.25) is 5.04 Å². The predicted molar refractivity (Wildman–Crippen MR) is 224 cm³/mol. The molecule has 1 saturated heterocycles. The molecule has 0 aromatic heterocycles. The molecule has 290 valence electrons. The van der Waals surface area contributed by atoms with Gasteiger partial charge in [-0.25, -0.2) is 0 Å². The number of hydrogen-bond donors (Lipinski definition) is 3. The van der Waals surface area contributed by atoms with Crippen LogP contribution < -0.4 is 26.3 Å². The van der Waals surface area contributed by atoms with Gasteiger partial charge in [-0.1, -0.05) is 138 Å². The van der Waals surface area contributed by atoms with Crippen LogP contribution in [0.1, 0.15) is 85.1 Å². The predicted octanol–water partition coefficient (Wildman–Crippen LogP) is 7.27. The molecular formula is C46H63N3O4Si. The molecule has 1 heterocycles. The summed E-state index contributed by atoms with van der Waals surface area (Å²) in [6, 6.07) is 29.6. The van der Waals surface area contributed by atoms with Crippen LogP contribution in [0.25, 0.3) is 0 Å². The van der Waals surface area contributed by atoms with Crippen molar-refractivity contribution in [3.63, 3.8) is 0 Å². The summed E-state index contributed by atoms with van der Waals surface area (Å²) in [6.07, 6.45) is 8.61. The highest BCUT2D eigenvalue weighted by Gasteiger charge is 2.51. The van der Waals surface area contributed by atoms with Gasteiger partial charge >= 0.3 is 0 Å². The molecule has 7 nitrogen and oxygen atoms in total. The Balaban J connectivity index is 1.69. The standard InChI is InChI=1S/C46H63N3O4Si/c1-8-10-14-23-37(32-36-21-15-11-16-22-36)42(50)49-41(31-35(3)4)43(51)48-38(33-46(28-9-2)29-30-47-44(46)52)34-53-54(45(5,6)7,39-24-17-12-18-25-39)40-26-19-13-20-27-40/h8-9,11-13,15-22,24-27,35,37-38,41H,1-2,10,14,23,28-34H2,3-7H3,(H,47,52)(H,48,51)(H,49,50). The summed E-state index contributed by atoms with van der Waals surface area (Å²) in [4.78, 5) is 42.1. The lowest BCUT2D eigenvalue weighted by molar-refractivity contribution is -0.132. The van der Waals surface area contributed by atoms with Gasteiger partial charge in [-0.2, -0.15) is 0 Å². The second-order valence-electron chi connectivity index (χ2n) is 16.5. The first kappa shape index (κ1) is 42.5. The number of carbonyl (C=O) groups excluding carboxylic acids is 3. The normalized spacial score (nSPS) is 17.6. The maximum atomic E-state index is 14.5. The Morgan fingerprint density at radius 1 is 0.889 bits per heavy atom. The largest absolute Gasteiger partial charge is 0.405 e. The zero-order valence-electron chi connectivity index (χ0n) is 33.2. The fourth-order valence-corrected chi connectivity index (χ4v) is 12.7. The van der Waals surface area contributed by atoms with Gasteiger partial charge in [-0.3, -0.25) is 14.4 Å². The number of nitrogens with one attached hydrogen (secondary N) is 3. The topological polar surface area (TPSA) is 96.5 Å². The molecule has 1 aliphatic rings. The van der Waals surface area contributed by atoms with Crippen molar-refractivity contribution >= 4 is 36.4 Å². The Morgan fingerprint density at radius 3 is 1.98 bits per heavy atom.